The highest BCUT2D eigenvalue weighted by atomic mass is 35.5. The van der Waals surface area contributed by atoms with Gasteiger partial charge in [-0.1, -0.05) is 29.3 Å². The first-order valence-corrected chi connectivity index (χ1v) is 7.58. The molecule has 0 aliphatic rings. The van der Waals surface area contributed by atoms with Gasteiger partial charge in [0.25, 0.3) is 5.91 Å². The molecule has 6 heteroatoms. The molecule has 2 aromatic rings. The molecule has 116 valence electrons. The number of nitrogens with one attached hydrogen (secondary N) is 1. The molecule has 2 rings (SSSR count). The van der Waals surface area contributed by atoms with Crippen LogP contribution in [0.2, 0.25) is 10.0 Å². The van der Waals surface area contributed by atoms with Crippen molar-refractivity contribution in [1.29, 1.82) is 0 Å². The number of benzene rings is 1. The molecule has 0 radical (unpaired) electrons. The van der Waals surface area contributed by atoms with E-state index < -0.39 is 0 Å². The summed E-state index contributed by atoms with van der Waals surface area (Å²) in [5.41, 5.74) is 1.93. The molecular formula is C16H18Cl2N3O+. The summed E-state index contributed by atoms with van der Waals surface area (Å²) in [5.74, 6) is -0.0754. The van der Waals surface area contributed by atoms with Gasteiger partial charge in [0, 0.05) is 48.5 Å². The van der Waals surface area contributed by atoms with Gasteiger partial charge in [-0.25, -0.2) is 0 Å². The number of carbonyl (C=O) groups is 1. The molecular weight excluding hydrogens is 321 g/mol. The number of anilines is 1. The summed E-state index contributed by atoms with van der Waals surface area (Å²) in [6.45, 7) is 0.643. The molecule has 1 aromatic heterocycles. The second kappa shape index (κ2) is 7.47. The van der Waals surface area contributed by atoms with Crippen molar-refractivity contribution in [3.8, 4) is 0 Å². The van der Waals surface area contributed by atoms with Crippen LogP contribution in [0.3, 0.4) is 0 Å². The third-order valence-electron chi connectivity index (χ3n) is 3.21. The van der Waals surface area contributed by atoms with Crippen molar-refractivity contribution in [3.63, 3.8) is 0 Å². The van der Waals surface area contributed by atoms with Crippen molar-refractivity contribution in [2.24, 2.45) is 0 Å². The largest absolute Gasteiger partial charge is 0.377 e. The third kappa shape index (κ3) is 4.61. The van der Waals surface area contributed by atoms with Crippen LogP contribution < -0.4 is 14.8 Å². The molecule has 22 heavy (non-hydrogen) atoms. The fourth-order valence-electron chi connectivity index (χ4n) is 1.93. The summed E-state index contributed by atoms with van der Waals surface area (Å²) in [7, 11) is 3.95. The maximum absolute atomic E-state index is 12.0. The number of halogens is 2. The van der Waals surface area contributed by atoms with Gasteiger partial charge < -0.3 is 10.2 Å². The Morgan fingerprint density at radius 1 is 1.18 bits per heavy atom. The summed E-state index contributed by atoms with van der Waals surface area (Å²) in [4.78, 5) is 14.0. The Balaban J connectivity index is 1.90. The van der Waals surface area contributed by atoms with Gasteiger partial charge in [0.05, 0.1) is 0 Å². The Morgan fingerprint density at radius 2 is 1.86 bits per heavy atom. The molecule has 0 saturated carbocycles. The van der Waals surface area contributed by atoms with Gasteiger partial charge in [-0.2, -0.15) is 4.57 Å². The first-order chi connectivity index (χ1) is 10.5. The van der Waals surface area contributed by atoms with Crippen LogP contribution in [0.1, 0.15) is 5.56 Å². The molecule has 0 saturated heterocycles. The first-order valence-electron chi connectivity index (χ1n) is 6.83. The van der Waals surface area contributed by atoms with Crippen molar-refractivity contribution in [1.82, 2.24) is 5.32 Å². The lowest BCUT2D eigenvalue weighted by molar-refractivity contribution is -0.684. The number of rotatable bonds is 5. The maximum Gasteiger partial charge on any atom is 0.286 e. The molecule has 0 spiro atoms. The van der Waals surface area contributed by atoms with Crippen LogP contribution in [0.5, 0.6) is 0 Å². The van der Waals surface area contributed by atoms with Crippen molar-refractivity contribution in [3.05, 3.63) is 58.3 Å². The molecule has 0 aliphatic carbocycles. The van der Waals surface area contributed by atoms with Gasteiger partial charge in [0.15, 0.2) is 12.4 Å². The van der Waals surface area contributed by atoms with E-state index in [1.54, 1.807) is 12.1 Å². The highest BCUT2D eigenvalue weighted by Crippen LogP contribution is 2.20. The Morgan fingerprint density at radius 3 is 2.45 bits per heavy atom. The highest BCUT2D eigenvalue weighted by molar-refractivity contribution is 6.35. The van der Waals surface area contributed by atoms with E-state index in [0.29, 0.717) is 16.6 Å². The monoisotopic (exact) mass is 338 g/mol. The van der Waals surface area contributed by atoms with Crippen LogP contribution in [0.25, 0.3) is 0 Å². The van der Waals surface area contributed by atoms with E-state index in [-0.39, 0.29) is 12.5 Å². The first kappa shape index (κ1) is 16.6. The lowest BCUT2D eigenvalue weighted by Gasteiger charge is -2.10. The minimum atomic E-state index is -0.0754. The number of amides is 1. The zero-order valence-electron chi connectivity index (χ0n) is 12.5. The molecule has 0 bridgehead atoms. The predicted octanol–water partition coefficient (Wildman–Crippen LogP) is 2.66. The number of hydrogen-bond acceptors (Lipinski definition) is 2. The van der Waals surface area contributed by atoms with E-state index >= 15 is 0 Å². The van der Waals surface area contributed by atoms with E-state index in [2.05, 4.69) is 5.32 Å². The van der Waals surface area contributed by atoms with Crippen molar-refractivity contribution >= 4 is 34.8 Å². The minimum absolute atomic E-state index is 0.0754. The second-order valence-electron chi connectivity index (χ2n) is 5.14. The zero-order valence-corrected chi connectivity index (χ0v) is 14.0. The second-order valence-corrected chi connectivity index (χ2v) is 5.98. The van der Waals surface area contributed by atoms with E-state index in [9.17, 15) is 4.79 Å². The zero-order chi connectivity index (χ0) is 16.1. The number of nitrogens with zero attached hydrogens (tertiary/aromatic N) is 2. The molecule has 0 unspecified atom stereocenters. The standard InChI is InChI=1S/C16H17Cl2N3O/c1-20(2)14-5-7-21(8-6-14)11-16(22)19-10-12-3-4-13(17)9-15(12)18/h3-9H,10-11H2,1-2H3/p+1. The fraction of sp³-hybridized carbons (Fsp3) is 0.250. The summed E-state index contributed by atoms with van der Waals surface area (Å²) < 4.78 is 1.83. The van der Waals surface area contributed by atoms with Crippen LogP contribution >= 0.6 is 23.2 Å². The molecule has 1 amide bonds. The van der Waals surface area contributed by atoms with Crippen LogP contribution in [0.4, 0.5) is 5.69 Å². The lowest BCUT2D eigenvalue weighted by Crippen LogP contribution is -2.42. The summed E-state index contributed by atoms with van der Waals surface area (Å²) in [6, 6.07) is 9.15. The Hall–Kier alpha value is -1.78. The average molecular weight is 339 g/mol. The normalized spacial score (nSPS) is 10.4. The smallest absolute Gasteiger partial charge is 0.286 e. The third-order valence-corrected chi connectivity index (χ3v) is 3.79. The van der Waals surface area contributed by atoms with E-state index in [0.717, 1.165) is 11.3 Å². The van der Waals surface area contributed by atoms with Crippen molar-refractivity contribution < 1.29 is 9.36 Å². The van der Waals surface area contributed by atoms with Gasteiger partial charge in [0.2, 0.25) is 6.54 Å². The van der Waals surface area contributed by atoms with E-state index in [4.69, 9.17) is 23.2 Å². The Kier molecular flexibility index (Phi) is 5.63. The Bertz CT molecular complexity index is 657. The summed E-state index contributed by atoms with van der Waals surface area (Å²) in [5, 5.41) is 3.98. The quantitative estimate of drug-likeness (QED) is 0.851. The average Bonchev–Trinajstić information content (AvgIpc) is 2.47. The van der Waals surface area contributed by atoms with Crippen molar-refractivity contribution in [2.45, 2.75) is 13.1 Å². The fourth-order valence-corrected chi connectivity index (χ4v) is 2.41. The van der Waals surface area contributed by atoms with Gasteiger partial charge >= 0.3 is 0 Å². The summed E-state index contributed by atoms with van der Waals surface area (Å²) in [6.07, 6.45) is 3.76. The molecule has 0 atom stereocenters. The van der Waals surface area contributed by atoms with Gasteiger partial charge in [0.1, 0.15) is 0 Å². The number of pyridine rings is 1. The van der Waals surface area contributed by atoms with Gasteiger partial charge in [-0.3, -0.25) is 4.79 Å². The van der Waals surface area contributed by atoms with Crippen LogP contribution in [0, 0.1) is 0 Å². The summed E-state index contributed by atoms with van der Waals surface area (Å²) >= 11 is 11.9. The highest BCUT2D eigenvalue weighted by Gasteiger charge is 2.10. The van der Waals surface area contributed by atoms with E-state index in [1.807, 2.05) is 54.2 Å². The van der Waals surface area contributed by atoms with E-state index in [1.165, 1.54) is 0 Å². The van der Waals surface area contributed by atoms with Gasteiger partial charge in [-0.15, -0.1) is 0 Å². The molecule has 0 fully saturated rings. The van der Waals surface area contributed by atoms with Crippen LogP contribution in [-0.2, 0) is 17.9 Å². The number of hydrogen-bond donors (Lipinski definition) is 1. The number of aromatic nitrogens is 1. The van der Waals surface area contributed by atoms with Crippen LogP contribution in [-0.4, -0.2) is 20.0 Å². The lowest BCUT2D eigenvalue weighted by atomic mass is 10.2. The molecule has 1 aromatic carbocycles. The SMILES string of the molecule is CN(C)c1cc[n+](CC(=O)NCc2ccc(Cl)cc2Cl)cc1. The molecule has 1 heterocycles. The van der Waals surface area contributed by atoms with Crippen LogP contribution in [0.15, 0.2) is 42.7 Å². The predicted molar refractivity (Wildman–Crippen MR) is 89.3 cm³/mol. The molecule has 0 aliphatic heterocycles. The van der Waals surface area contributed by atoms with Gasteiger partial charge in [-0.05, 0) is 17.7 Å². The molecule has 1 N–H and O–H groups in total. The Labute approximate surface area is 140 Å². The van der Waals surface area contributed by atoms with Crippen molar-refractivity contribution in [2.75, 3.05) is 19.0 Å². The topological polar surface area (TPSA) is 36.2 Å². The minimum Gasteiger partial charge on any atom is -0.377 e. The number of carbonyl (C=O) groups excluding carboxylic acids is 1. The molecule has 4 nitrogen and oxygen atoms in total. The maximum atomic E-state index is 12.0.